The Morgan fingerprint density at radius 2 is 2.12 bits per heavy atom. The van der Waals surface area contributed by atoms with Gasteiger partial charge in [-0.3, -0.25) is 0 Å². The van der Waals surface area contributed by atoms with Crippen LogP contribution in [0.25, 0.3) is 5.57 Å². The van der Waals surface area contributed by atoms with Crippen LogP contribution in [0.15, 0.2) is 30.3 Å². The van der Waals surface area contributed by atoms with E-state index in [1.165, 1.54) is 16.7 Å². The summed E-state index contributed by atoms with van der Waals surface area (Å²) in [4.78, 5) is 0. The maximum Gasteiger partial charge on any atom is 0.0527 e. The Morgan fingerprint density at radius 1 is 1.35 bits per heavy atom. The highest BCUT2D eigenvalue weighted by Crippen LogP contribution is 2.41. The summed E-state index contributed by atoms with van der Waals surface area (Å²) in [6.07, 6.45) is 5.53. The third-order valence-corrected chi connectivity index (χ3v) is 3.78. The molecule has 0 spiro atoms. The Balaban J connectivity index is 2.32. The van der Waals surface area contributed by atoms with Gasteiger partial charge in [0.25, 0.3) is 0 Å². The van der Waals surface area contributed by atoms with Crippen molar-refractivity contribution in [2.75, 3.05) is 0 Å². The summed E-state index contributed by atoms with van der Waals surface area (Å²) in [6.45, 7) is 6.81. The van der Waals surface area contributed by atoms with Crippen LogP contribution >= 0.6 is 11.6 Å². The van der Waals surface area contributed by atoms with Crippen molar-refractivity contribution in [2.45, 2.75) is 45.4 Å². The van der Waals surface area contributed by atoms with Crippen molar-refractivity contribution in [3.63, 3.8) is 0 Å². The minimum absolute atomic E-state index is 0.180. The lowest BCUT2D eigenvalue weighted by Gasteiger charge is -2.32. The Hall–Kier alpha value is -0.750. The van der Waals surface area contributed by atoms with Crippen LogP contribution in [0.3, 0.4) is 0 Å². The minimum Gasteiger partial charge on any atom is -0.118 e. The molecule has 1 aliphatic rings. The van der Waals surface area contributed by atoms with Crippen molar-refractivity contribution < 1.29 is 0 Å². The van der Waals surface area contributed by atoms with E-state index >= 15 is 0 Å². The number of hydrogen-bond acceptors (Lipinski definition) is 0. The molecule has 1 heteroatoms. The van der Waals surface area contributed by atoms with E-state index in [1.807, 2.05) is 0 Å². The highest BCUT2D eigenvalue weighted by molar-refractivity contribution is 6.22. The molecule has 0 amide bonds. The number of halogens is 1. The molecule has 92 valence electrons. The van der Waals surface area contributed by atoms with Gasteiger partial charge in [-0.2, -0.15) is 0 Å². The van der Waals surface area contributed by atoms with Gasteiger partial charge in [0.05, 0.1) is 5.38 Å². The van der Waals surface area contributed by atoms with Crippen LogP contribution in [0.1, 0.15) is 44.7 Å². The Kier molecular flexibility index (Phi) is 3.63. The van der Waals surface area contributed by atoms with E-state index in [-0.39, 0.29) is 5.38 Å². The average Bonchev–Trinajstić information content (AvgIpc) is 2.26. The second kappa shape index (κ2) is 4.86. The summed E-state index contributed by atoms with van der Waals surface area (Å²) >= 11 is 6.34. The lowest BCUT2D eigenvalue weighted by molar-refractivity contribution is 0.340. The molecule has 0 N–H and O–H groups in total. The smallest absolute Gasteiger partial charge is 0.0527 e. The number of allylic oxidation sites excluding steroid dienone is 2. The Morgan fingerprint density at radius 3 is 2.76 bits per heavy atom. The molecule has 1 atom stereocenters. The molecule has 0 heterocycles. The normalized spacial score (nSPS) is 23.3. The van der Waals surface area contributed by atoms with Gasteiger partial charge in [0.2, 0.25) is 0 Å². The predicted molar refractivity (Wildman–Crippen MR) is 76.5 cm³/mol. The van der Waals surface area contributed by atoms with Gasteiger partial charge >= 0.3 is 0 Å². The van der Waals surface area contributed by atoms with E-state index < -0.39 is 0 Å². The zero-order chi connectivity index (χ0) is 12.5. The molecule has 17 heavy (non-hydrogen) atoms. The summed E-state index contributed by atoms with van der Waals surface area (Å²) in [5.41, 5.74) is 4.48. The maximum atomic E-state index is 6.34. The van der Waals surface area contributed by atoms with Crippen LogP contribution in [0.4, 0.5) is 0 Å². The molecule has 0 fully saturated rings. The summed E-state index contributed by atoms with van der Waals surface area (Å²) in [6, 6.07) is 8.85. The molecule has 0 aliphatic heterocycles. The molecule has 0 bridgehead atoms. The van der Waals surface area contributed by atoms with E-state index in [4.69, 9.17) is 11.6 Å². The fourth-order valence-electron chi connectivity index (χ4n) is 2.64. The largest absolute Gasteiger partial charge is 0.118 e. The lowest BCUT2D eigenvalue weighted by atomic mass is 9.75. The van der Waals surface area contributed by atoms with Gasteiger partial charge in [0.15, 0.2) is 0 Å². The van der Waals surface area contributed by atoms with E-state index in [2.05, 4.69) is 51.1 Å². The second-order valence-corrected chi connectivity index (χ2v) is 6.37. The first-order valence-corrected chi connectivity index (χ1v) is 6.88. The van der Waals surface area contributed by atoms with E-state index in [9.17, 15) is 0 Å². The molecule has 1 unspecified atom stereocenters. The number of rotatable bonds is 2. The van der Waals surface area contributed by atoms with Gasteiger partial charge in [-0.25, -0.2) is 0 Å². The van der Waals surface area contributed by atoms with E-state index in [0.29, 0.717) is 5.41 Å². The van der Waals surface area contributed by atoms with E-state index in [1.54, 1.807) is 0 Å². The number of benzene rings is 1. The summed E-state index contributed by atoms with van der Waals surface area (Å²) in [5.74, 6) is 0. The van der Waals surface area contributed by atoms with Crippen molar-refractivity contribution in [2.24, 2.45) is 5.41 Å². The zero-order valence-corrected chi connectivity index (χ0v) is 11.7. The highest BCUT2D eigenvalue weighted by atomic mass is 35.5. The maximum absolute atomic E-state index is 6.34. The van der Waals surface area contributed by atoms with Crippen LogP contribution in [0, 0.1) is 5.41 Å². The quantitative estimate of drug-likeness (QED) is 0.642. The fourth-order valence-corrected chi connectivity index (χ4v) is 3.21. The van der Waals surface area contributed by atoms with Gasteiger partial charge in [0.1, 0.15) is 0 Å². The number of alkyl halides is 1. The third kappa shape index (κ3) is 3.13. The van der Waals surface area contributed by atoms with Crippen molar-refractivity contribution in [3.8, 4) is 0 Å². The Bertz CT molecular complexity index is 429. The zero-order valence-electron chi connectivity index (χ0n) is 11.0. The van der Waals surface area contributed by atoms with Crippen molar-refractivity contribution >= 4 is 17.2 Å². The van der Waals surface area contributed by atoms with Crippen LogP contribution in [0.5, 0.6) is 0 Å². The number of hydrogen-bond donors (Lipinski definition) is 0. The van der Waals surface area contributed by atoms with Crippen LogP contribution < -0.4 is 0 Å². The molecular formula is C16H21Cl. The molecule has 1 aromatic carbocycles. The monoisotopic (exact) mass is 248 g/mol. The van der Waals surface area contributed by atoms with Crippen molar-refractivity contribution in [1.82, 2.24) is 0 Å². The lowest BCUT2D eigenvalue weighted by Crippen LogP contribution is -2.21. The molecule has 2 rings (SSSR count). The van der Waals surface area contributed by atoms with Gasteiger partial charge in [-0.05, 0) is 41.4 Å². The molecule has 0 saturated carbocycles. The van der Waals surface area contributed by atoms with Crippen LogP contribution in [-0.4, -0.2) is 5.38 Å². The number of aryl methyl sites for hydroxylation is 1. The summed E-state index contributed by atoms with van der Waals surface area (Å²) < 4.78 is 0. The molecule has 0 saturated heterocycles. The van der Waals surface area contributed by atoms with Gasteiger partial charge in [0, 0.05) is 0 Å². The molecular weight excluding hydrogens is 228 g/mol. The Labute approximate surface area is 110 Å². The molecule has 0 nitrogen and oxygen atoms in total. The first kappa shape index (κ1) is 12.7. The van der Waals surface area contributed by atoms with Crippen LogP contribution in [-0.2, 0) is 6.42 Å². The topological polar surface area (TPSA) is 0 Å². The molecule has 1 aliphatic carbocycles. The molecule has 0 radical (unpaired) electrons. The summed E-state index contributed by atoms with van der Waals surface area (Å²) in [5, 5.41) is 0.180. The average molecular weight is 249 g/mol. The molecule has 1 aromatic rings. The van der Waals surface area contributed by atoms with Crippen molar-refractivity contribution in [3.05, 3.63) is 41.5 Å². The predicted octanol–water partition coefficient (Wildman–Crippen LogP) is 5.06. The fraction of sp³-hybridized carbons (Fsp3) is 0.500. The minimum atomic E-state index is 0.180. The first-order chi connectivity index (χ1) is 8.00. The van der Waals surface area contributed by atoms with Gasteiger partial charge in [-0.1, -0.05) is 51.1 Å². The van der Waals surface area contributed by atoms with Crippen LogP contribution in [0.2, 0.25) is 0 Å². The highest BCUT2D eigenvalue weighted by Gasteiger charge is 2.28. The van der Waals surface area contributed by atoms with Gasteiger partial charge in [-0.15, -0.1) is 11.6 Å². The standard InChI is InChI=1S/C16H21Cl/c1-4-12-6-5-7-13(8-12)14-9-15(17)11-16(2,3)10-14/h5-9,15H,4,10-11H2,1-3H3. The van der Waals surface area contributed by atoms with Crippen molar-refractivity contribution in [1.29, 1.82) is 0 Å². The third-order valence-electron chi connectivity index (χ3n) is 3.50. The SMILES string of the molecule is CCc1cccc(C2=CC(Cl)CC(C)(C)C2)c1. The summed E-state index contributed by atoms with van der Waals surface area (Å²) in [7, 11) is 0. The van der Waals surface area contributed by atoms with E-state index in [0.717, 1.165) is 19.3 Å². The second-order valence-electron chi connectivity index (χ2n) is 5.81. The van der Waals surface area contributed by atoms with Gasteiger partial charge < -0.3 is 0 Å². The first-order valence-electron chi connectivity index (χ1n) is 6.44. The molecule has 0 aromatic heterocycles.